The second-order valence-corrected chi connectivity index (χ2v) is 2.92. The molecule has 0 radical (unpaired) electrons. The van der Waals surface area contributed by atoms with Crippen LogP contribution in [0.2, 0.25) is 0 Å². The SMILES string of the molecule is NC(=O)c1[nH]c(-c2ccccn2)nc1N. The molecule has 0 atom stereocenters. The maximum absolute atomic E-state index is 10.9. The summed E-state index contributed by atoms with van der Waals surface area (Å²) in [4.78, 5) is 21.7. The van der Waals surface area contributed by atoms with Crippen molar-refractivity contribution in [3.05, 3.63) is 30.1 Å². The molecular formula is C9H9N5O. The van der Waals surface area contributed by atoms with Gasteiger partial charge in [-0.15, -0.1) is 0 Å². The van der Waals surface area contributed by atoms with E-state index in [1.807, 2.05) is 6.07 Å². The molecule has 2 aromatic rings. The summed E-state index contributed by atoms with van der Waals surface area (Å²) in [7, 11) is 0. The van der Waals surface area contributed by atoms with Crippen molar-refractivity contribution in [2.75, 3.05) is 5.73 Å². The molecule has 0 aliphatic rings. The van der Waals surface area contributed by atoms with Crippen LogP contribution in [-0.4, -0.2) is 20.9 Å². The van der Waals surface area contributed by atoms with Crippen LogP contribution in [0.3, 0.4) is 0 Å². The quantitative estimate of drug-likeness (QED) is 0.645. The van der Waals surface area contributed by atoms with E-state index < -0.39 is 5.91 Å². The van der Waals surface area contributed by atoms with Crippen molar-refractivity contribution in [1.29, 1.82) is 0 Å². The Labute approximate surface area is 85.3 Å². The molecule has 0 aliphatic carbocycles. The number of anilines is 1. The zero-order valence-corrected chi connectivity index (χ0v) is 7.77. The van der Waals surface area contributed by atoms with Gasteiger partial charge in [0.05, 0.1) is 0 Å². The lowest BCUT2D eigenvalue weighted by molar-refractivity contribution is 0.0997. The molecule has 1 amide bonds. The smallest absolute Gasteiger partial charge is 0.269 e. The van der Waals surface area contributed by atoms with Gasteiger partial charge in [0.25, 0.3) is 5.91 Å². The predicted octanol–water partition coefficient (Wildman–Crippen LogP) is 0.153. The number of aromatic amines is 1. The van der Waals surface area contributed by atoms with Gasteiger partial charge in [-0.1, -0.05) is 6.07 Å². The van der Waals surface area contributed by atoms with Gasteiger partial charge >= 0.3 is 0 Å². The number of nitrogens with two attached hydrogens (primary N) is 2. The standard InChI is InChI=1S/C9H9N5O/c10-7-6(8(11)15)13-9(14-7)5-3-1-2-4-12-5/h1-4H,10H2,(H2,11,15)(H,13,14). The summed E-state index contributed by atoms with van der Waals surface area (Å²) in [5.41, 5.74) is 11.3. The number of nitrogens with one attached hydrogen (secondary N) is 1. The molecule has 0 saturated carbocycles. The Morgan fingerprint density at radius 1 is 1.40 bits per heavy atom. The van der Waals surface area contributed by atoms with Crippen molar-refractivity contribution in [2.45, 2.75) is 0 Å². The fourth-order valence-electron chi connectivity index (χ4n) is 1.20. The molecule has 0 aliphatic heterocycles. The van der Waals surface area contributed by atoms with Crippen molar-refractivity contribution in [2.24, 2.45) is 5.73 Å². The molecule has 0 bridgehead atoms. The molecule has 2 rings (SSSR count). The summed E-state index contributed by atoms with van der Waals surface area (Å²) in [5.74, 6) is -0.118. The summed E-state index contributed by atoms with van der Waals surface area (Å²) in [6.45, 7) is 0. The van der Waals surface area contributed by atoms with E-state index in [9.17, 15) is 4.79 Å². The Morgan fingerprint density at radius 2 is 2.20 bits per heavy atom. The zero-order chi connectivity index (χ0) is 10.8. The number of hydrogen-bond donors (Lipinski definition) is 3. The van der Waals surface area contributed by atoms with Crippen molar-refractivity contribution in [3.8, 4) is 11.5 Å². The topological polar surface area (TPSA) is 111 Å². The highest BCUT2D eigenvalue weighted by molar-refractivity contribution is 5.95. The summed E-state index contributed by atoms with van der Waals surface area (Å²) < 4.78 is 0. The first-order chi connectivity index (χ1) is 7.18. The fourth-order valence-corrected chi connectivity index (χ4v) is 1.20. The maximum atomic E-state index is 10.9. The number of nitrogen functional groups attached to an aromatic ring is 1. The molecule has 76 valence electrons. The van der Waals surface area contributed by atoms with Crippen LogP contribution in [0.25, 0.3) is 11.5 Å². The van der Waals surface area contributed by atoms with Gasteiger partial charge in [-0.3, -0.25) is 9.78 Å². The minimum absolute atomic E-state index is 0.0863. The molecule has 6 heteroatoms. The third kappa shape index (κ3) is 1.64. The molecule has 6 nitrogen and oxygen atoms in total. The Bertz CT molecular complexity index is 490. The Balaban J connectivity index is 2.48. The highest BCUT2D eigenvalue weighted by atomic mass is 16.1. The van der Waals surface area contributed by atoms with Crippen LogP contribution < -0.4 is 11.5 Å². The van der Waals surface area contributed by atoms with Crippen LogP contribution in [-0.2, 0) is 0 Å². The molecular weight excluding hydrogens is 194 g/mol. The number of aromatic nitrogens is 3. The van der Waals surface area contributed by atoms with Crippen LogP contribution in [0.15, 0.2) is 24.4 Å². The molecule has 0 aromatic carbocycles. The molecule has 2 aromatic heterocycles. The average Bonchev–Trinajstić information content (AvgIpc) is 2.62. The van der Waals surface area contributed by atoms with Gasteiger partial charge in [0.15, 0.2) is 11.6 Å². The Morgan fingerprint density at radius 3 is 2.73 bits per heavy atom. The summed E-state index contributed by atoms with van der Waals surface area (Å²) in [5, 5.41) is 0. The number of carbonyl (C=O) groups excluding carboxylic acids is 1. The molecule has 0 fully saturated rings. The van der Waals surface area contributed by atoms with E-state index in [0.29, 0.717) is 11.5 Å². The zero-order valence-electron chi connectivity index (χ0n) is 7.77. The lowest BCUT2D eigenvalue weighted by Gasteiger charge is -1.92. The van der Waals surface area contributed by atoms with Gasteiger partial charge < -0.3 is 16.5 Å². The second kappa shape index (κ2) is 3.41. The van der Waals surface area contributed by atoms with Gasteiger partial charge in [0, 0.05) is 6.20 Å². The molecule has 0 unspecified atom stereocenters. The van der Waals surface area contributed by atoms with Crippen LogP contribution >= 0.6 is 0 Å². The maximum Gasteiger partial charge on any atom is 0.269 e. The lowest BCUT2D eigenvalue weighted by atomic mass is 10.3. The number of H-pyrrole nitrogens is 1. The van der Waals surface area contributed by atoms with Crippen LogP contribution in [0.1, 0.15) is 10.5 Å². The number of nitrogens with zero attached hydrogens (tertiary/aromatic N) is 2. The Kier molecular flexibility index (Phi) is 2.09. The van der Waals surface area contributed by atoms with E-state index in [-0.39, 0.29) is 11.5 Å². The monoisotopic (exact) mass is 203 g/mol. The van der Waals surface area contributed by atoms with Crippen molar-refractivity contribution < 1.29 is 4.79 Å². The van der Waals surface area contributed by atoms with Crippen LogP contribution in [0, 0.1) is 0 Å². The number of carbonyl (C=O) groups is 1. The van der Waals surface area contributed by atoms with Crippen molar-refractivity contribution in [3.63, 3.8) is 0 Å². The van der Waals surface area contributed by atoms with E-state index in [4.69, 9.17) is 11.5 Å². The Hall–Kier alpha value is -2.37. The number of hydrogen-bond acceptors (Lipinski definition) is 4. The molecule has 0 spiro atoms. The normalized spacial score (nSPS) is 10.1. The predicted molar refractivity (Wildman–Crippen MR) is 54.7 cm³/mol. The highest BCUT2D eigenvalue weighted by Crippen LogP contribution is 2.16. The number of rotatable bonds is 2. The van der Waals surface area contributed by atoms with Gasteiger partial charge in [-0.25, -0.2) is 4.98 Å². The van der Waals surface area contributed by atoms with E-state index in [1.165, 1.54) is 0 Å². The summed E-state index contributed by atoms with van der Waals surface area (Å²) in [6, 6.07) is 5.35. The minimum Gasteiger partial charge on any atom is -0.382 e. The molecule has 2 heterocycles. The van der Waals surface area contributed by atoms with Crippen LogP contribution in [0.5, 0.6) is 0 Å². The van der Waals surface area contributed by atoms with Gasteiger partial charge in [-0.05, 0) is 12.1 Å². The van der Waals surface area contributed by atoms with Gasteiger partial charge in [0.1, 0.15) is 11.4 Å². The number of imidazole rings is 1. The first-order valence-electron chi connectivity index (χ1n) is 4.25. The first-order valence-corrected chi connectivity index (χ1v) is 4.25. The van der Waals surface area contributed by atoms with E-state index in [2.05, 4.69) is 15.0 Å². The third-order valence-electron chi connectivity index (χ3n) is 1.89. The summed E-state index contributed by atoms with van der Waals surface area (Å²) >= 11 is 0. The molecule has 5 N–H and O–H groups in total. The largest absolute Gasteiger partial charge is 0.382 e. The average molecular weight is 203 g/mol. The van der Waals surface area contributed by atoms with Crippen molar-refractivity contribution >= 4 is 11.7 Å². The molecule has 0 saturated heterocycles. The van der Waals surface area contributed by atoms with E-state index in [0.717, 1.165) is 0 Å². The highest BCUT2D eigenvalue weighted by Gasteiger charge is 2.13. The van der Waals surface area contributed by atoms with Gasteiger partial charge in [0.2, 0.25) is 0 Å². The number of amides is 1. The van der Waals surface area contributed by atoms with E-state index in [1.54, 1.807) is 18.3 Å². The van der Waals surface area contributed by atoms with Crippen LogP contribution in [0.4, 0.5) is 5.82 Å². The lowest BCUT2D eigenvalue weighted by Crippen LogP contribution is -2.13. The fraction of sp³-hybridized carbons (Fsp3) is 0. The summed E-state index contributed by atoms with van der Waals surface area (Å²) in [6.07, 6.45) is 1.62. The van der Waals surface area contributed by atoms with Gasteiger partial charge in [-0.2, -0.15) is 0 Å². The first kappa shape index (κ1) is 9.20. The number of primary amides is 1. The molecule has 15 heavy (non-hydrogen) atoms. The van der Waals surface area contributed by atoms with Crippen molar-refractivity contribution in [1.82, 2.24) is 15.0 Å². The number of pyridine rings is 1. The third-order valence-corrected chi connectivity index (χ3v) is 1.89. The second-order valence-electron chi connectivity index (χ2n) is 2.92. The minimum atomic E-state index is -0.637. The van der Waals surface area contributed by atoms with E-state index >= 15 is 0 Å².